The van der Waals surface area contributed by atoms with Crippen molar-refractivity contribution in [2.24, 2.45) is 0 Å². The fourth-order valence-corrected chi connectivity index (χ4v) is 4.85. The number of halogens is 1. The van der Waals surface area contributed by atoms with Gasteiger partial charge in [0.15, 0.2) is 0 Å². The molecule has 8 heteroatoms. The number of rotatable bonds is 8. The highest BCUT2D eigenvalue weighted by molar-refractivity contribution is 7.90. The summed E-state index contributed by atoms with van der Waals surface area (Å²) in [5.41, 5.74) is 3.32. The number of hydrogen-bond acceptors (Lipinski definition) is 4. The van der Waals surface area contributed by atoms with Gasteiger partial charge in [-0.05, 0) is 54.7 Å². The molecule has 0 aliphatic carbocycles. The van der Waals surface area contributed by atoms with E-state index in [9.17, 15) is 13.2 Å². The molecule has 0 atom stereocenters. The molecule has 0 radical (unpaired) electrons. The summed E-state index contributed by atoms with van der Waals surface area (Å²) in [6, 6.07) is 24.0. The molecule has 0 saturated heterocycles. The normalized spacial score (nSPS) is 11.4. The maximum absolute atomic E-state index is 12.6. The van der Waals surface area contributed by atoms with E-state index in [-0.39, 0.29) is 10.6 Å². The van der Waals surface area contributed by atoms with Gasteiger partial charge >= 0.3 is 0 Å². The van der Waals surface area contributed by atoms with Crippen LogP contribution in [0.2, 0.25) is 5.02 Å². The van der Waals surface area contributed by atoms with Gasteiger partial charge in [0.25, 0.3) is 15.9 Å². The maximum atomic E-state index is 12.6. The first kappa shape index (κ1) is 23.7. The topological polar surface area (TPSA) is 81.1 Å². The van der Waals surface area contributed by atoms with Crippen molar-refractivity contribution < 1.29 is 13.2 Å². The highest BCUT2D eigenvalue weighted by Gasteiger charge is 2.21. The number of benzene rings is 3. The largest absolute Gasteiger partial charge is 0.330 e. The molecular weight excluding hydrogens is 470 g/mol. The van der Waals surface area contributed by atoms with Gasteiger partial charge in [-0.2, -0.15) is 0 Å². The molecule has 0 saturated carbocycles. The quantitative estimate of drug-likeness (QED) is 0.382. The number of hydrogen-bond donors (Lipinski definition) is 1. The zero-order valence-electron chi connectivity index (χ0n) is 18.6. The number of nitrogens with zero attached hydrogens (tertiary/aromatic N) is 2. The maximum Gasteiger partial charge on any atom is 0.285 e. The predicted octanol–water partition coefficient (Wildman–Crippen LogP) is 4.80. The minimum atomic E-state index is -3.98. The minimum absolute atomic E-state index is 0.0126. The Kier molecular flexibility index (Phi) is 7.14. The summed E-state index contributed by atoms with van der Waals surface area (Å²) < 4.78 is 28.7. The zero-order valence-corrected chi connectivity index (χ0v) is 20.2. The summed E-state index contributed by atoms with van der Waals surface area (Å²) in [5, 5.41) is 0.635. The first-order valence-corrected chi connectivity index (χ1v) is 12.6. The summed E-state index contributed by atoms with van der Waals surface area (Å²) >= 11 is 6.55. The van der Waals surface area contributed by atoms with Gasteiger partial charge in [-0.1, -0.05) is 72.3 Å². The third kappa shape index (κ3) is 5.73. The van der Waals surface area contributed by atoms with Crippen molar-refractivity contribution in [3.8, 4) is 0 Å². The molecule has 6 nitrogen and oxygen atoms in total. The van der Waals surface area contributed by atoms with E-state index >= 15 is 0 Å². The van der Waals surface area contributed by atoms with E-state index in [1.807, 2.05) is 30.3 Å². The number of imidazole rings is 1. The van der Waals surface area contributed by atoms with E-state index < -0.39 is 15.9 Å². The second-order valence-corrected chi connectivity index (χ2v) is 10.0. The smallest absolute Gasteiger partial charge is 0.285 e. The van der Waals surface area contributed by atoms with Crippen LogP contribution in [0.1, 0.15) is 33.0 Å². The Bertz CT molecular complexity index is 1400. The first-order valence-electron chi connectivity index (χ1n) is 10.8. The molecule has 1 amide bonds. The fourth-order valence-electron chi connectivity index (χ4n) is 3.60. The van der Waals surface area contributed by atoms with Crippen molar-refractivity contribution in [3.63, 3.8) is 0 Å². The van der Waals surface area contributed by atoms with Crippen LogP contribution in [0.4, 0.5) is 0 Å². The van der Waals surface area contributed by atoms with Crippen LogP contribution >= 0.6 is 11.6 Å². The van der Waals surface area contributed by atoms with Crippen molar-refractivity contribution in [2.45, 2.75) is 31.2 Å². The summed E-state index contributed by atoms with van der Waals surface area (Å²) in [6.07, 6.45) is 3.35. The van der Waals surface area contributed by atoms with Crippen LogP contribution in [0, 0.1) is 6.92 Å². The molecule has 4 aromatic rings. The van der Waals surface area contributed by atoms with Gasteiger partial charge in [-0.15, -0.1) is 0 Å². The van der Waals surface area contributed by atoms with Gasteiger partial charge in [-0.25, -0.2) is 18.1 Å². The average Bonchev–Trinajstić information content (AvgIpc) is 3.20. The van der Waals surface area contributed by atoms with Crippen LogP contribution in [0.3, 0.4) is 0 Å². The average molecular weight is 494 g/mol. The van der Waals surface area contributed by atoms with Crippen LogP contribution in [-0.2, 0) is 29.4 Å². The van der Waals surface area contributed by atoms with Crippen molar-refractivity contribution >= 4 is 27.5 Å². The van der Waals surface area contributed by atoms with Gasteiger partial charge in [0.05, 0.1) is 11.4 Å². The number of carbonyl (C=O) groups is 1. The Balaban J connectivity index is 1.44. The number of carbonyl (C=O) groups excluding carboxylic acids is 1. The van der Waals surface area contributed by atoms with E-state index in [0.717, 1.165) is 24.0 Å². The van der Waals surface area contributed by atoms with Crippen molar-refractivity contribution in [1.82, 2.24) is 14.3 Å². The third-order valence-corrected chi connectivity index (χ3v) is 7.19. The lowest BCUT2D eigenvalue weighted by Gasteiger charge is -2.09. The fraction of sp³-hybridized carbons (Fsp3) is 0.154. The second kappa shape index (κ2) is 10.2. The molecule has 1 N–H and O–H groups in total. The zero-order chi connectivity index (χ0) is 24.1. The van der Waals surface area contributed by atoms with Gasteiger partial charge in [0, 0.05) is 11.2 Å². The summed E-state index contributed by atoms with van der Waals surface area (Å²) in [5.74, 6) is -0.209. The molecule has 0 spiro atoms. The van der Waals surface area contributed by atoms with E-state index in [1.165, 1.54) is 23.9 Å². The molecule has 1 aromatic heterocycles. The van der Waals surface area contributed by atoms with Crippen LogP contribution in [0.5, 0.6) is 0 Å². The van der Waals surface area contributed by atoms with Crippen molar-refractivity contribution in [2.75, 3.05) is 0 Å². The SMILES string of the molecule is Cc1nc(C(=O)NS(=O)(=O)c2ccccc2)cn1Cc1ccc(CCc2ccccc2)cc1Cl. The second-order valence-electron chi connectivity index (χ2n) is 7.96. The highest BCUT2D eigenvalue weighted by atomic mass is 35.5. The number of nitrogens with one attached hydrogen (secondary N) is 1. The lowest BCUT2D eigenvalue weighted by Crippen LogP contribution is -2.30. The third-order valence-electron chi connectivity index (χ3n) is 5.49. The molecular formula is C26H24ClN3O3S. The number of sulfonamides is 1. The van der Waals surface area contributed by atoms with Gasteiger partial charge in [-0.3, -0.25) is 4.79 Å². The van der Waals surface area contributed by atoms with E-state index in [0.29, 0.717) is 17.4 Å². The molecule has 174 valence electrons. The lowest BCUT2D eigenvalue weighted by molar-refractivity contribution is 0.0977. The molecule has 0 unspecified atom stereocenters. The summed E-state index contributed by atoms with van der Waals surface area (Å²) in [7, 11) is -3.98. The minimum Gasteiger partial charge on any atom is -0.330 e. The van der Waals surface area contributed by atoms with E-state index in [1.54, 1.807) is 29.7 Å². The van der Waals surface area contributed by atoms with Gasteiger partial charge in [0.1, 0.15) is 11.5 Å². The number of amides is 1. The Morgan fingerprint density at radius 1 is 0.941 bits per heavy atom. The Morgan fingerprint density at radius 2 is 1.59 bits per heavy atom. The Labute approximate surface area is 204 Å². The summed E-state index contributed by atoms with van der Waals surface area (Å²) in [6.45, 7) is 2.17. The lowest BCUT2D eigenvalue weighted by atomic mass is 10.0. The monoisotopic (exact) mass is 493 g/mol. The van der Waals surface area contributed by atoms with E-state index in [4.69, 9.17) is 11.6 Å². The molecule has 0 aliphatic rings. The van der Waals surface area contributed by atoms with Crippen molar-refractivity contribution in [3.05, 3.63) is 118 Å². The summed E-state index contributed by atoms with van der Waals surface area (Å²) in [4.78, 5) is 16.8. The van der Waals surface area contributed by atoms with E-state index in [2.05, 4.69) is 27.9 Å². The highest BCUT2D eigenvalue weighted by Crippen LogP contribution is 2.21. The molecule has 0 fully saturated rings. The van der Waals surface area contributed by atoms with Crippen LogP contribution in [-0.4, -0.2) is 23.9 Å². The van der Waals surface area contributed by atoms with Crippen LogP contribution in [0.25, 0.3) is 0 Å². The van der Waals surface area contributed by atoms with Crippen molar-refractivity contribution in [1.29, 1.82) is 0 Å². The molecule has 0 bridgehead atoms. The molecule has 3 aromatic carbocycles. The standard InChI is InChI=1S/C26H24ClN3O3S/c1-19-28-25(26(31)29-34(32,33)23-10-6-3-7-11-23)18-30(19)17-22-15-14-21(16-24(22)27)13-12-20-8-4-2-5-9-20/h2-11,14-16,18H,12-13,17H2,1H3,(H,29,31). The number of aromatic nitrogens is 2. The Morgan fingerprint density at radius 3 is 2.26 bits per heavy atom. The first-order chi connectivity index (χ1) is 16.3. The Hall–Kier alpha value is -3.42. The molecule has 0 aliphatic heterocycles. The van der Waals surface area contributed by atoms with Gasteiger partial charge < -0.3 is 4.57 Å². The molecule has 34 heavy (non-hydrogen) atoms. The molecule has 4 rings (SSSR count). The predicted molar refractivity (Wildman–Crippen MR) is 132 cm³/mol. The van der Waals surface area contributed by atoms with Gasteiger partial charge in [0.2, 0.25) is 0 Å². The molecule has 1 heterocycles. The van der Waals surface area contributed by atoms with Crippen LogP contribution in [0.15, 0.2) is 90.0 Å². The van der Waals surface area contributed by atoms with Crippen LogP contribution < -0.4 is 4.72 Å². The number of aryl methyl sites for hydroxylation is 3.